The van der Waals surface area contributed by atoms with Crippen molar-refractivity contribution in [3.8, 4) is 5.75 Å². The highest BCUT2D eigenvalue weighted by molar-refractivity contribution is 7.92. The Morgan fingerprint density at radius 3 is 2.19 bits per heavy atom. The van der Waals surface area contributed by atoms with Crippen LogP contribution in [0.2, 0.25) is 0 Å². The van der Waals surface area contributed by atoms with Crippen LogP contribution in [0.25, 0.3) is 0 Å². The molecule has 0 aliphatic carbocycles. The lowest BCUT2D eigenvalue weighted by molar-refractivity contribution is -0.140. The first-order chi connectivity index (χ1) is 20.0. The minimum absolute atomic E-state index is 0.0130. The van der Waals surface area contributed by atoms with E-state index in [0.29, 0.717) is 17.9 Å². The number of hydrogen-bond acceptors (Lipinski definition) is 5. The van der Waals surface area contributed by atoms with Crippen molar-refractivity contribution in [2.75, 3.05) is 24.0 Å². The lowest BCUT2D eigenvalue weighted by atomic mass is 10.1. The molecule has 0 aliphatic heterocycles. The second kappa shape index (κ2) is 14.8. The van der Waals surface area contributed by atoms with Crippen LogP contribution in [0, 0.1) is 18.7 Å². The number of amides is 2. The Balaban J connectivity index is 2.09. The molecular formula is C32H40FN3O5S. The van der Waals surface area contributed by atoms with Crippen molar-refractivity contribution in [1.29, 1.82) is 0 Å². The van der Waals surface area contributed by atoms with Gasteiger partial charge in [-0.05, 0) is 68.1 Å². The van der Waals surface area contributed by atoms with E-state index in [2.05, 4.69) is 5.32 Å². The topological polar surface area (TPSA) is 96.0 Å². The number of rotatable bonds is 14. The van der Waals surface area contributed by atoms with Crippen molar-refractivity contribution in [1.82, 2.24) is 10.2 Å². The highest BCUT2D eigenvalue weighted by Crippen LogP contribution is 2.33. The summed E-state index contributed by atoms with van der Waals surface area (Å²) < 4.78 is 48.6. The number of nitrogens with zero attached hydrogens (tertiary/aromatic N) is 2. The average molecular weight is 598 g/mol. The van der Waals surface area contributed by atoms with Crippen molar-refractivity contribution >= 4 is 27.5 Å². The zero-order valence-electron chi connectivity index (χ0n) is 24.8. The van der Waals surface area contributed by atoms with Crippen molar-refractivity contribution in [2.45, 2.75) is 58.5 Å². The SMILES string of the molecule is CCOc1ccccc1N(CC(=O)N(Cc1ccc(F)cc1)C(CC)C(=O)NCC(C)C)S(=O)(=O)c1ccc(C)cc1. The molecule has 0 spiro atoms. The molecule has 0 aromatic heterocycles. The number of anilines is 1. The molecule has 0 fully saturated rings. The number of ether oxygens (including phenoxy) is 1. The molecule has 0 saturated carbocycles. The summed E-state index contributed by atoms with van der Waals surface area (Å²) in [5.41, 5.74) is 1.68. The molecule has 2 amide bonds. The van der Waals surface area contributed by atoms with Gasteiger partial charge in [-0.2, -0.15) is 0 Å². The number of halogens is 1. The Morgan fingerprint density at radius 2 is 1.60 bits per heavy atom. The van der Waals surface area contributed by atoms with Crippen LogP contribution in [0.3, 0.4) is 0 Å². The molecule has 226 valence electrons. The Bertz CT molecular complexity index is 1440. The van der Waals surface area contributed by atoms with Gasteiger partial charge in [0, 0.05) is 13.1 Å². The van der Waals surface area contributed by atoms with Crippen LogP contribution in [0.5, 0.6) is 5.75 Å². The molecule has 0 radical (unpaired) electrons. The normalized spacial score (nSPS) is 12.1. The largest absolute Gasteiger partial charge is 0.492 e. The summed E-state index contributed by atoms with van der Waals surface area (Å²) in [6, 6.07) is 17.8. The van der Waals surface area contributed by atoms with E-state index in [9.17, 15) is 22.4 Å². The molecular weight excluding hydrogens is 557 g/mol. The maximum atomic E-state index is 14.2. The van der Waals surface area contributed by atoms with E-state index in [1.807, 2.05) is 20.8 Å². The predicted molar refractivity (Wildman–Crippen MR) is 162 cm³/mol. The van der Waals surface area contributed by atoms with E-state index >= 15 is 0 Å². The van der Waals surface area contributed by atoms with E-state index in [1.165, 1.54) is 29.2 Å². The third kappa shape index (κ3) is 8.31. The summed E-state index contributed by atoms with van der Waals surface area (Å²) in [7, 11) is -4.24. The fraction of sp³-hybridized carbons (Fsp3) is 0.375. The number of benzene rings is 3. The van der Waals surface area contributed by atoms with Crippen LogP contribution in [-0.2, 0) is 26.2 Å². The number of nitrogens with one attached hydrogen (secondary N) is 1. The number of hydrogen-bond donors (Lipinski definition) is 1. The van der Waals surface area contributed by atoms with Gasteiger partial charge in [0.1, 0.15) is 24.2 Å². The monoisotopic (exact) mass is 597 g/mol. The van der Waals surface area contributed by atoms with Gasteiger partial charge in [-0.15, -0.1) is 0 Å². The van der Waals surface area contributed by atoms with Gasteiger partial charge in [0.2, 0.25) is 11.8 Å². The second-order valence-corrected chi connectivity index (χ2v) is 12.3. The molecule has 0 saturated heterocycles. The molecule has 3 aromatic rings. The van der Waals surface area contributed by atoms with Gasteiger partial charge in [0.15, 0.2) is 0 Å². The molecule has 1 atom stereocenters. The van der Waals surface area contributed by atoms with Gasteiger partial charge in [0.25, 0.3) is 10.0 Å². The van der Waals surface area contributed by atoms with E-state index < -0.39 is 34.3 Å². The lowest BCUT2D eigenvalue weighted by Crippen LogP contribution is -2.52. The van der Waals surface area contributed by atoms with Crippen LogP contribution in [-0.4, -0.2) is 50.9 Å². The van der Waals surface area contributed by atoms with E-state index in [-0.39, 0.29) is 42.0 Å². The zero-order chi connectivity index (χ0) is 30.9. The van der Waals surface area contributed by atoms with Crippen LogP contribution >= 0.6 is 0 Å². The predicted octanol–water partition coefficient (Wildman–Crippen LogP) is 5.31. The smallest absolute Gasteiger partial charge is 0.264 e. The molecule has 8 nitrogen and oxygen atoms in total. The lowest BCUT2D eigenvalue weighted by Gasteiger charge is -2.33. The maximum Gasteiger partial charge on any atom is 0.264 e. The van der Waals surface area contributed by atoms with E-state index in [1.54, 1.807) is 62.4 Å². The summed E-state index contributed by atoms with van der Waals surface area (Å²) >= 11 is 0. The van der Waals surface area contributed by atoms with Crippen LogP contribution in [0.15, 0.2) is 77.7 Å². The molecule has 10 heteroatoms. The molecule has 0 bridgehead atoms. The highest BCUT2D eigenvalue weighted by Gasteiger charge is 2.34. The summed E-state index contributed by atoms with van der Waals surface area (Å²) in [5.74, 6) is -0.869. The Hall–Kier alpha value is -3.92. The van der Waals surface area contributed by atoms with Crippen LogP contribution in [0.4, 0.5) is 10.1 Å². The van der Waals surface area contributed by atoms with Crippen molar-refractivity contribution < 1.29 is 27.1 Å². The number of carbonyl (C=O) groups excluding carboxylic acids is 2. The average Bonchev–Trinajstić information content (AvgIpc) is 2.96. The molecule has 3 rings (SSSR count). The minimum atomic E-state index is -4.24. The van der Waals surface area contributed by atoms with Crippen molar-refractivity contribution in [3.63, 3.8) is 0 Å². The standard InChI is InChI=1S/C32H40FN3O5S/c1-6-28(32(38)34-20-23(3)4)35(21-25-14-16-26(33)17-15-25)31(37)22-36(29-10-8-9-11-30(29)41-7-2)42(39,40)27-18-12-24(5)13-19-27/h8-19,23,28H,6-7,20-22H2,1-5H3,(H,34,38). The Labute approximate surface area is 248 Å². The van der Waals surface area contributed by atoms with E-state index in [4.69, 9.17) is 4.74 Å². The third-order valence-electron chi connectivity index (χ3n) is 6.66. The summed E-state index contributed by atoms with van der Waals surface area (Å²) in [4.78, 5) is 28.8. The molecule has 0 aliphatic rings. The van der Waals surface area contributed by atoms with Gasteiger partial charge in [-0.3, -0.25) is 13.9 Å². The Kier molecular flexibility index (Phi) is 11.5. The summed E-state index contributed by atoms with van der Waals surface area (Å²) in [5, 5.41) is 2.89. The summed E-state index contributed by atoms with van der Waals surface area (Å²) in [6.07, 6.45) is 0.289. The van der Waals surface area contributed by atoms with Gasteiger partial charge >= 0.3 is 0 Å². The molecule has 1 unspecified atom stereocenters. The second-order valence-electron chi connectivity index (χ2n) is 10.4. The minimum Gasteiger partial charge on any atom is -0.492 e. The van der Waals surface area contributed by atoms with Gasteiger partial charge < -0.3 is 15.0 Å². The first-order valence-electron chi connectivity index (χ1n) is 14.1. The number of sulfonamides is 1. The zero-order valence-corrected chi connectivity index (χ0v) is 25.7. The molecule has 1 N–H and O–H groups in total. The maximum absolute atomic E-state index is 14.2. The van der Waals surface area contributed by atoms with Crippen molar-refractivity contribution in [2.24, 2.45) is 5.92 Å². The third-order valence-corrected chi connectivity index (χ3v) is 8.43. The number of carbonyl (C=O) groups is 2. The summed E-state index contributed by atoms with van der Waals surface area (Å²) in [6.45, 7) is 9.46. The molecule has 0 heterocycles. The van der Waals surface area contributed by atoms with E-state index in [0.717, 1.165) is 9.87 Å². The van der Waals surface area contributed by atoms with Gasteiger partial charge in [0.05, 0.1) is 17.2 Å². The fourth-order valence-corrected chi connectivity index (χ4v) is 5.84. The first-order valence-corrected chi connectivity index (χ1v) is 15.5. The van der Waals surface area contributed by atoms with Gasteiger partial charge in [-0.1, -0.05) is 62.7 Å². The molecule has 42 heavy (non-hydrogen) atoms. The Morgan fingerprint density at radius 1 is 0.952 bits per heavy atom. The van der Waals surface area contributed by atoms with Crippen LogP contribution < -0.4 is 14.4 Å². The van der Waals surface area contributed by atoms with Crippen LogP contribution in [0.1, 0.15) is 45.2 Å². The molecule has 3 aromatic carbocycles. The quantitative estimate of drug-likeness (QED) is 0.272. The fourth-order valence-electron chi connectivity index (χ4n) is 4.42. The number of para-hydroxylation sites is 2. The van der Waals surface area contributed by atoms with Gasteiger partial charge in [-0.25, -0.2) is 12.8 Å². The highest BCUT2D eigenvalue weighted by atomic mass is 32.2. The first kappa shape index (κ1) is 32.6. The van der Waals surface area contributed by atoms with Crippen molar-refractivity contribution in [3.05, 3.63) is 89.7 Å². The number of aryl methyl sites for hydroxylation is 1.